The molecule has 1 atom stereocenters. The molecule has 0 spiro atoms. The average molecular weight is 345 g/mol. The van der Waals surface area contributed by atoms with Crippen molar-refractivity contribution in [1.29, 1.82) is 0 Å². The standard InChI is InChI=1S/C18H23N3O4/c1-11(2)16-9-15(20-21(16)4)18(24)19-12(3)13-5-7-14(8-6-13)25-10-17(22)23/h5-9,11-12H,10H2,1-4H3,(H,19,24)(H,22,23). The van der Waals surface area contributed by atoms with Crippen molar-refractivity contribution in [3.8, 4) is 5.75 Å². The van der Waals surface area contributed by atoms with Gasteiger partial charge in [0.1, 0.15) is 11.4 Å². The number of hydrogen-bond acceptors (Lipinski definition) is 4. The number of aromatic nitrogens is 2. The van der Waals surface area contributed by atoms with Gasteiger partial charge in [0.2, 0.25) is 0 Å². The molecular weight excluding hydrogens is 322 g/mol. The maximum absolute atomic E-state index is 12.4. The Morgan fingerprint density at radius 3 is 2.40 bits per heavy atom. The van der Waals surface area contributed by atoms with Crippen LogP contribution in [0.3, 0.4) is 0 Å². The average Bonchev–Trinajstić information content (AvgIpc) is 2.95. The Hall–Kier alpha value is -2.83. The largest absolute Gasteiger partial charge is 0.482 e. The lowest BCUT2D eigenvalue weighted by Gasteiger charge is -2.14. The molecule has 1 unspecified atom stereocenters. The molecule has 1 heterocycles. The van der Waals surface area contributed by atoms with Gasteiger partial charge in [0.15, 0.2) is 6.61 Å². The van der Waals surface area contributed by atoms with Gasteiger partial charge in [-0.1, -0.05) is 26.0 Å². The molecule has 25 heavy (non-hydrogen) atoms. The number of nitrogens with one attached hydrogen (secondary N) is 1. The van der Waals surface area contributed by atoms with Crippen LogP contribution < -0.4 is 10.1 Å². The number of hydrogen-bond donors (Lipinski definition) is 2. The van der Waals surface area contributed by atoms with Gasteiger partial charge in [0.25, 0.3) is 5.91 Å². The number of aliphatic carboxylic acids is 1. The van der Waals surface area contributed by atoms with Gasteiger partial charge in [-0.2, -0.15) is 5.10 Å². The first-order valence-electron chi connectivity index (χ1n) is 8.07. The van der Waals surface area contributed by atoms with E-state index in [2.05, 4.69) is 24.3 Å². The van der Waals surface area contributed by atoms with Gasteiger partial charge in [-0.15, -0.1) is 0 Å². The van der Waals surface area contributed by atoms with Crippen molar-refractivity contribution >= 4 is 11.9 Å². The minimum atomic E-state index is -1.03. The minimum Gasteiger partial charge on any atom is -0.482 e. The summed E-state index contributed by atoms with van der Waals surface area (Å²) in [6.07, 6.45) is 0. The van der Waals surface area contributed by atoms with Crippen LogP contribution in [-0.4, -0.2) is 33.4 Å². The van der Waals surface area contributed by atoms with Crippen molar-refractivity contribution in [3.05, 3.63) is 47.3 Å². The summed E-state index contributed by atoms with van der Waals surface area (Å²) in [5.74, 6) is -0.507. The Morgan fingerprint density at radius 2 is 1.88 bits per heavy atom. The van der Waals surface area contributed by atoms with Crippen molar-refractivity contribution in [3.63, 3.8) is 0 Å². The topological polar surface area (TPSA) is 93.4 Å². The number of carboxylic acids is 1. The van der Waals surface area contributed by atoms with E-state index in [0.29, 0.717) is 11.4 Å². The molecule has 1 aromatic heterocycles. The second-order valence-electron chi connectivity index (χ2n) is 6.18. The fraction of sp³-hybridized carbons (Fsp3) is 0.389. The molecule has 1 aromatic carbocycles. The molecule has 2 N–H and O–H groups in total. The van der Waals surface area contributed by atoms with Crippen molar-refractivity contribution < 1.29 is 19.4 Å². The monoisotopic (exact) mass is 345 g/mol. The highest BCUT2D eigenvalue weighted by atomic mass is 16.5. The molecule has 0 aliphatic rings. The number of aryl methyl sites for hydroxylation is 1. The number of nitrogens with zero attached hydrogens (tertiary/aromatic N) is 2. The molecule has 7 heteroatoms. The van der Waals surface area contributed by atoms with Crippen LogP contribution in [0.4, 0.5) is 0 Å². The zero-order chi connectivity index (χ0) is 18.6. The van der Waals surface area contributed by atoms with E-state index < -0.39 is 5.97 Å². The molecule has 1 amide bonds. The Morgan fingerprint density at radius 1 is 1.24 bits per heavy atom. The predicted octanol–water partition coefficient (Wildman–Crippen LogP) is 2.50. The highest BCUT2D eigenvalue weighted by molar-refractivity contribution is 5.92. The highest BCUT2D eigenvalue weighted by Gasteiger charge is 2.17. The number of carbonyl (C=O) groups excluding carboxylic acids is 1. The number of carbonyl (C=O) groups is 2. The lowest BCUT2D eigenvalue weighted by atomic mass is 10.1. The quantitative estimate of drug-likeness (QED) is 0.804. The third kappa shape index (κ3) is 4.82. The van der Waals surface area contributed by atoms with Crippen molar-refractivity contribution in [2.75, 3.05) is 6.61 Å². The molecule has 0 aliphatic heterocycles. The third-order valence-electron chi connectivity index (χ3n) is 3.83. The summed E-state index contributed by atoms with van der Waals surface area (Å²) in [6.45, 7) is 5.59. The van der Waals surface area contributed by atoms with Crippen LogP contribution in [-0.2, 0) is 11.8 Å². The summed E-state index contributed by atoms with van der Waals surface area (Å²) < 4.78 is 6.81. The van der Waals surface area contributed by atoms with Crippen LogP contribution >= 0.6 is 0 Å². The minimum absolute atomic E-state index is 0.217. The number of carboxylic acid groups (broad SMARTS) is 1. The summed E-state index contributed by atoms with van der Waals surface area (Å²) >= 11 is 0. The molecule has 134 valence electrons. The Balaban J connectivity index is 2.01. The predicted molar refractivity (Wildman–Crippen MR) is 92.8 cm³/mol. The van der Waals surface area contributed by atoms with E-state index in [0.717, 1.165) is 11.3 Å². The van der Waals surface area contributed by atoms with Crippen LogP contribution in [0, 0.1) is 0 Å². The first kappa shape index (κ1) is 18.5. The zero-order valence-corrected chi connectivity index (χ0v) is 14.8. The molecule has 2 aromatic rings. The Bertz CT molecular complexity index is 750. The summed E-state index contributed by atoms with van der Waals surface area (Å²) in [4.78, 5) is 22.9. The maximum atomic E-state index is 12.4. The molecule has 0 saturated heterocycles. The highest BCUT2D eigenvalue weighted by Crippen LogP contribution is 2.19. The van der Waals surface area contributed by atoms with E-state index in [1.165, 1.54) is 0 Å². The zero-order valence-electron chi connectivity index (χ0n) is 14.8. The second-order valence-corrected chi connectivity index (χ2v) is 6.18. The number of benzene rings is 1. The summed E-state index contributed by atoms with van der Waals surface area (Å²) in [5, 5.41) is 15.8. The summed E-state index contributed by atoms with van der Waals surface area (Å²) in [7, 11) is 1.82. The number of rotatable bonds is 7. The van der Waals surface area contributed by atoms with Crippen LogP contribution in [0.1, 0.15) is 54.5 Å². The normalized spacial score (nSPS) is 12.0. The van der Waals surface area contributed by atoms with Crippen LogP contribution in [0.5, 0.6) is 5.75 Å². The first-order valence-corrected chi connectivity index (χ1v) is 8.07. The molecule has 0 aliphatic carbocycles. The van der Waals surface area contributed by atoms with Crippen molar-refractivity contribution in [2.45, 2.75) is 32.7 Å². The number of ether oxygens (including phenoxy) is 1. The van der Waals surface area contributed by atoms with Gasteiger partial charge in [-0.3, -0.25) is 9.48 Å². The fourth-order valence-electron chi connectivity index (χ4n) is 2.48. The molecule has 0 fully saturated rings. The maximum Gasteiger partial charge on any atom is 0.341 e. The Kier molecular flexibility index (Phi) is 5.80. The van der Waals surface area contributed by atoms with Gasteiger partial charge in [0.05, 0.1) is 6.04 Å². The molecule has 2 rings (SSSR count). The van der Waals surface area contributed by atoms with E-state index in [1.54, 1.807) is 35.0 Å². The SMILES string of the molecule is CC(C)c1cc(C(=O)NC(C)c2ccc(OCC(=O)O)cc2)nn1C. The lowest BCUT2D eigenvalue weighted by molar-refractivity contribution is -0.139. The lowest BCUT2D eigenvalue weighted by Crippen LogP contribution is -2.27. The summed E-state index contributed by atoms with van der Waals surface area (Å²) in [6, 6.07) is 8.53. The van der Waals surface area contributed by atoms with Crippen molar-refractivity contribution in [2.24, 2.45) is 7.05 Å². The van der Waals surface area contributed by atoms with Gasteiger partial charge < -0.3 is 15.2 Å². The molecular formula is C18H23N3O4. The molecule has 0 radical (unpaired) electrons. The van der Waals surface area contributed by atoms with Crippen LogP contribution in [0.15, 0.2) is 30.3 Å². The molecule has 7 nitrogen and oxygen atoms in total. The van der Waals surface area contributed by atoms with Crippen LogP contribution in [0.2, 0.25) is 0 Å². The molecule has 0 saturated carbocycles. The van der Waals surface area contributed by atoms with E-state index in [1.807, 2.05) is 14.0 Å². The van der Waals surface area contributed by atoms with E-state index in [-0.39, 0.29) is 24.5 Å². The third-order valence-corrected chi connectivity index (χ3v) is 3.83. The van der Waals surface area contributed by atoms with Crippen molar-refractivity contribution in [1.82, 2.24) is 15.1 Å². The van der Waals surface area contributed by atoms with E-state index >= 15 is 0 Å². The second kappa shape index (κ2) is 7.83. The van der Waals surface area contributed by atoms with Gasteiger partial charge >= 0.3 is 5.97 Å². The first-order chi connectivity index (χ1) is 11.8. The Labute approximate surface area is 146 Å². The summed E-state index contributed by atoms with van der Waals surface area (Å²) in [5.41, 5.74) is 2.27. The van der Waals surface area contributed by atoms with Gasteiger partial charge in [-0.05, 0) is 36.6 Å². The smallest absolute Gasteiger partial charge is 0.341 e. The van der Waals surface area contributed by atoms with Crippen LogP contribution in [0.25, 0.3) is 0 Å². The van der Waals surface area contributed by atoms with E-state index in [4.69, 9.17) is 9.84 Å². The fourth-order valence-corrected chi connectivity index (χ4v) is 2.48. The van der Waals surface area contributed by atoms with Gasteiger partial charge in [0, 0.05) is 12.7 Å². The molecule has 0 bridgehead atoms. The van der Waals surface area contributed by atoms with Gasteiger partial charge in [-0.25, -0.2) is 4.79 Å². The number of amides is 1. The van der Waals surface area contributed by atoms with E-state index in [9.17, 15) is 9.59 Å².